The molecule has 0 fully saturated rings. The fourth-order valence-corrected chi connectivity index (χ4v) is 6.68. The van der Waals surface area contributed by atoms with E-state index in [1.54, 1.807) is 36.7 Å². The quantitative estimate of drug-likeness (QED) is 0.449. The predicted molar refractivity (Wildman–Crippen MR) is 128 cm³/mol. The summed E-state index contributed by atoms with van der Waals surface area (Å²) in [5.41, 5.74) is 7.74. The van der Waals surface area contributed by atoms with Gasteiger partial charge in [-0.05, 0) is 36.6 Å². The maximum atomic E-state index is 13.0. The standard InChI is InChI=1S/C19H17N5O2S4/c20-10-16(29-21)15-5-2-6-18(27-15)30(25,26)24-13-4-1-3-12(9-13)19-23-14-7-8-22-11-17(14)28-19/h1,3-11,24H,2,20-21H2/b16-10-. The van der Waals surface area contributed by atoms with Crippen molar-refractivity contribution >= 4 is 61.0 Å². The van der Waals surface area contributed by atoms with Gasteiger partial charge in [-0.2, -0.15) is 0 Å². The Hall–Kier alpha value is -2.31. The predicted octanol–water partition coefficient (Wildman–Crippen LogP) is 4.37. The van der Waals surface area contributed by atoms with E-state index in [4.69, 9.17) is 10.9 Å². The molecule has 11 heteroatoms. The fourth-order valence-electron chi connectivity index (χ4n) is 2.77. The number of hydrogen-bond donors (Lipinski definition) is 3. The number of pyridine rings is 1. The van der Waals surface area contributed by atoms with Crippen LogP contribution in [0.2, 0.25) is 0 Å². The Morgan fingerprint density at radius 3 is 2.90 bits per heavy atom. The molecule has 154 valence electrons. The van der Waals surface area contributed by atoms with Gasteiger partial charge in [0, 0.05) is 34.7 Å². The van der Waals surface area contributed by atoms with E-state index in [9.17, 15) is 8.42 Å². The zero-order chi connectivity index (χ0) is 21.1. The van der Waals surface area contributed by atoms with Crippen molar-refractivity contribution in [2.24, 2.45) is 10.9 Å². The van der Waals surface area contributed by atoms with Gasteiger partial charge in [-0.15, -0.1) is 11.3 Å². The van der Waals surface area contributed by atoms with Crippen molar-refractivity contribution in [1.82, 2.24) is 9.97 Å². The van der Waals surface area contributed by atoms with Crippen LogP contribution < -0.4 is 15.6 Å². The van der Waals surface area contributed by atoms with E-state index < -0.39 is 10.0 Å². The van der Waals surface area contributed by atoms with Crippen LogP contribution >= 0.6 is 35.0 Å². The van der Waals surface area contributed by atoms with Crippen molar-refractivity contribution in [3.8, 4) is 10.6 Å². The molecule has 4 rings (SSSR count). The number of benzene rings is 1. The molecule has 1 aromatic carbocycles. The molecule has 0 spiro atoms. The lowest BCUT2D eigenvalue weighted by atomic mass is 10.2. The largest absolute Gasteiger partial charge is 0.404 e. The number of nitrogens with one attached hydrogen (secondary N) is 1. The number of rotatable bonds is 6. The Balaban J connectivity index is 1.57. The van der Waals surface area contributed by atoms with Crippen molar-refractivity contribution in [3.63, 3.8) is 0 Å². The first-order chi connectivity index (χ1) is 14.5. The number of nitrogens with two attached hydrogens (primary N) is 2. The van der Waals surface area contributed by atoms with Gasteiger partial charge in [0.25, 0.3) is 10.0 Å². The average molecular weight is 476 g/mol. The van der Waals surface area contributed by atoms with Crippen LogP contribution in [0, 0.1) is 0 Å². The number of hydrogen-bond acceptors (Lipinski definition) is 9. The first-order valence-corrected chi connectivity index (χ1v) is 12.7. The minimum Gasteiger partial charge on any atom is -0.404 e. The van der Waals surface area contributed by atoms with Gasteiger partial charge in [-0.3, -0.25) is 14.8 Å². The van der Waals surface area contributed by atoms with Gasteiger partial charge < -0.3 is 5.73 Å². The molecule has 7 nitrogen and oxygen atoms in total. The third-order valence-corrected chi connectivity index (χ3v) is 9.01. The minimum atomic E-state index is -3.75. The molecule has 5 N–H and O–H groups in total. The van der Waals surface area contributed by atoms with Crippen LogP contribution in [0.25, 0.3) is 20.8 Å². The van der Waals surface area contributed by atoms with E-state index in [2.05, 4.69) is 14.7 Å². The summed E-state index contributed by atoms with van der Waals surface area (Å²) in [5, 5.41) is 6.41. The highest BCUT2D eigenvalue weighted by molar-refractivity contribution is 8.22. The molecule has 30 heavy (non-hydrogen) atoms. The third kappa shape index (κ3) is 4.40. The molecule has 1 aliphatic rings. The van der Waals surface area contributed by atoms with Gasteiger partial charge >= 0.3 is 0 Å². The van der Waals surface area contributed by atoms with E-state index in [1.807, 2.05) is 18.2 Å². The zero-order valence-corrected chi connectivity index (χ0v) is 18.7. The van der Waals surface area contributed by atoms with Crippen LogP contribution in [-0.2, 0) is 10.0 Å². The molecule has 0 aliphatic carbocycles. The van der Waals surface area contributed by atoms with Crippen molar-refractivity contribution in [1.29, 1.82) is 0 Å². The van der Waals surface area contributed by atoms with E-state index in [0.29, 0.717) is 17.0 Å². The van der Waals surface area contributed by atoms with Crippen LogP contribution in [-0.4, -0.2) is 18.4 Å². The molecule has 0 atom stereocenters. The summed E-state index contributed by atoms with van der Waals surface area (Å²) in [6.07, 6.45) is 8.88. The normalized spacial score (nSPS) is 15.0. The summed E-state index contributed by atoms with van der Waals surface area (Å²) in [6, 6.07) is 9.03. The topological polar surface area (TPSA) is 124 Å². The number of thioether (sulfide) groups is 1. The monoisotopic (exact) mass is 475 g/mol. The van der Waals surface area contributed by atoms with Crippen molar-refractivity contribution < 1.29 is 8.42 Å². The highest BCUT2D eigenvalue weighted by Crippen LogP contribution is 2.40. The van der Waals surface area contributed by atoms with Crippen LogP contribution in [0.15, 0.2) is 75.1 Å². The summed E-state index contributed by atoms with van der Waals surface area (Å²) in [5.74, 6) is 0. The van der Waals surface area contributed by atoms with Gasteiger partial charge in [-0.1, -0.05) is 36.0 Å². The van der Waals surface area contributed by atoms with Gasteiger partial charge in [0.05, 0.1) is 15.1 Å². The third-order valence-electron chi connectivity index (χ3n) is 4.14. The number of anilines is 1. The maximum absolute atomic E-state index is 13.0. The minimum absolute atomic E-state index is 0.213. The van der Waals surface area contributed by atoms with E-state index in [0.717, 1.165) is 49.4 Å². The van der Waals surface area contributed by atoms with E-state index >= 15 is 0 Å². The molecule has 0 amide bonds. The van der Waals surface area contributed by atoms with Crippen molar-refractivity contribution in [3.05, 3.63) is 75.1 Å². The SMILES string of the molecule is N/C=C(\SN)C1=CCC=C(S(=O)(=O)Nc2cccc(-c3nc4ccncc4s3)c2)S1. The highest BCUT2D eigenvalue weighted by Gasteiger charge is 2.23. The highest BCUT2D eigenvalue weighted by atomic mass is 32.3. The summed E-state index contributed by atoms with van der Waals surface area (Å²) in [6.45, 7) is 0. The molecule has 3 heterocycles. The molecule has 0 bridgehead atoms. The van der Waals surface area contributed by atoms with E-state index in [1.165, 1.54) is 17.5 Å². The number of thiazole rings is 1. The Morgan fingerprint density at radius 2 is 2.13 bits per heavy atom. The summed E-state index contributed by atoms with van der Waals surface area (Å²) in [7, 11) is -3.75. The Kier molecular flexibility index (Phi) is 6.16. The smallest absolute Gasteiger partial charge is 0.267 e. The number of nitrogens with zero attached hydrogens (tertiary/aromatic N) is 2. The lowest BCUT2D eigenvalue weighted by molar-refractivity contribution is 0.608. The molecule has 2 aromatic heterocycles. The number of allylic oxidation sites excluding steroid dienone is 2. The average Bonchev–Trinajstić information content (AvgIpc) is 3.19. The molecule has 0 saturated heterocycles. The fraction of sp³-hybridized carbons (Fsp3) is 0.0526. The van der Waals surface area contributed by atoms with Crippen LogP contribution in [0.3, 0.4) is 0 Å². The second-order valence-corrected chi connectivity index (χ2v) is 10.8. The molecular weight excluding hydrogens is 459 g/mol. The molecular formula is C19H17N5O2S4. The summed E-state index contributed by atoms with van der Waals surface area (Å²) < 4.78 is 29.7. The van der Waals surface area contributed by atoms with Crippen molar-refractivity contribution in [2.45, 2.75) is 6.42 Å². The van der Waals surface area contributed by atoms with E-state index in [-0.39, 0.29) is 4.24 Å². The van der Waals surface area contributed by atoms with Crippen LogP contribution in [0.1, 0.15) is 6.42 Å². The second-order valence-electron chi connectivity index (χ2n) is 6.13. The summed E-state index contributed by atoms with van der Waals surface area (Å²) in [4.78, 5) is 10.1. The van der Waals surface area contributed by atoms with Gasteiger partial charge in [0.15, 0.2) is 0 Å². The Bertz CT molecular complexity index is 1260. The maximum Gasteiger partial charge on any atom is 0.267 e. The van der Waals surface area contributed by atoms with Gasteiger partial charge in [0.2, 0.25) is 0 Å². The molecule has 1 aliphatic heterocycles. The first kappa shape index (κ1) is 20.9. The lowest BCUT2D eigenvalue weighted by Crippen LogP contribution is -2.14. The Morgan fingerprint density at radius 1 is 1.27 bits per heavy atom. The Labute approximate surface area is 186 Å². The molecule has 0 unspecified atom stereocenters. The first-order valence-electron chi connectivity index (χ1n) is 8.71. The van der Waals surface area contributed by atoms with Crippen LogP contribution in [0.4, 0.5) is 5.69 Å². The molecule has 0 radical (unpaired) electrons. The van der Waals surface area contributed by atoms with Crippen LogP contribution in [0.5, 0.6) is 0 Å². The zero-order valence-electron chi connectivity index (χ0n) is 15.5. The molecule has 0 saturated carbocycles. The molecule has 3 aromatic rings. The number of fused-ring (bicyclic) bond motifs is 1. The van der Waals surface area contributed by atoms with Gasteiger partial charge in [0.1, 0.15) is 9.24 Å². The van der Waals surface area contributed by atoms with Gasteiger partial charge in [-0.25, -0.2) is 13.4 Å². The number of sulfonamides is 1. The summed E-state index contributed by atoms with van der Waals surface area (Å²) >= 11 is 3.62. The second kappa shape index (κ2) is 8.82. The number of aromatic nitrogens is 2. The van der Waals surface area contributed by atoms with Crippen molar-refractivity contribution in [2.75, 3.05) is 4.72 Å². The lowest BCUT2D eigenvalue weighted by Gasteiger charge is -2.17.